The van der Waals surface area contributed by atoms with E-state index in [0.717, 1.165) is 6.07 Å². The number of rotatable bonds is 2. The predicted octanol–water partition coefficient (Wildman–Crippen LogP) is 1.43. The maximum atomic E-state index is 13.7. The SMILES string of the molecule is CN1CCN(c2ccc([N+](=O)[O-])cc2F)C=N1. The van der Waals surface area contributed by atoms with Crippen molar-refractivity contribution < 1.29 is 9.31 Å². The van der Waals surface area contributed by atoms with Gasteiger partial charge in [0, 0.05) is 19.7 Å². The second-order valence-electron chi connectivity index (χ2n) is 3.70. The normalized spacial score (nSPS) is 15.2. The molecule has 0 amide bonds. The number of hydrazone groups is 1. The minimum atomic E-state index is -0.620. The number of halogens is 1. The van der Waals surface area contributed by atoms with Crippen LogP contribution in [0, 0.1) is 15.9 Å². The summed E-state index contributed by atoms with van der Waals surface area (Å²) < 4.78 is 13.7. The molecule has 7 heteroatoms. The maximum absolute atomic E-state index is 13.7. The lowest BCUT2D eigenvalue weighted by Gasteiger charge is -2.27. The molecule has 1 heterocycles. The summed E-state index contributed by atoms with van der Waals surface area (Å²) in [5.74, 6) is -0.616. The maximum Gasteiger partial charge on any atom is 0.272 e. The van der Waals surface area contributed by atoms with E-state index >= 15 is 0 Å². The van der Waals surface area contributed by atoms with Crippen molar-refractivity contribution in [1.82, 2.24) is 5.01 Å². The zero-order chi connectivity index (χ0) is 12.4. The summed E-state index contributed by atoms with van der Waals surface area (Å²) in [6.45, 7) is 1.27. The van der Waals surface area contributed by atoms with Crippen LogP contribution in [0.1, 0.15) is 0 Å². The van der Waals surface area contributed by atoms with Crippen molar-refractivity contribution >= 4 is 17.7 Å². The van der Waals surface area contributed by atoms with Gasteiger partial charge in [0.1, 0.15) is 6.34 Å². The second-order valence-corrected chi connectivity index (χ2v) is 3.70. The first-order chi connectivity index (χ1) is 8.08. The number of likely N-dealkylation sites (N-methyl/N-ethyl adjacent to an activating group) is 1. The van der Waals surface area contributed by atoms with Crippen LogP contribution in [0.2, 0.25) is 0 Å². The first kappa shape index (κ1) is 11.3. The molecule has 0 N–H and O–H groups in total. The Kier molecular flexibility index (Phi) is 2.90. The number of nitrogens with zero attached hydrogens (tertiary/aromatic N) is 4. The summed E-state index contributed by atoms with van der Waals surface area (Å²) in [4.78, 5) is 11.5. The molecule has 0 unspecified atom stereocenters. The molecule has 0 bridgehead atoms. The molecule has 0 saturated heterocycles. The van der Waals surface area contributed by atoms with Crippen LogP contribution in [0.4, 0.5) is 15.8 Å². The van der Waals surface area contributed by atoms with E-state index in [4.69, 9.17) is 0 Å². The van der Waals surface area contributed by atoms with Crippen molar-refractivity contribution in [3.8, 4) is 0 Å². The van der Waals surface area contributed by atoms with Crippen molar-refractivity contribution in [3.05, 3.63) is 34.1 Å². The molecule has 90 valence electrons. The van der Waals surface area contributed by atoms with Crippen molar-refractivity contribution in [2.45, 2.75) is 0 Å². The average Bonchev–Trinajstić information content (AvgIpc) is 2.30. The van der Waals surface area contributed by atoms with Crippen LogP contribution in [0.25, 0.3) is 0 Å². The van der Waals surface area contributed by atoms with Gasteiger partial charge in [-0.3, -0.25) is 15.1 Å². The molecular weight excluding hydrogens is 227 g/mol. The van der Waals surface area contributed by atoms with Crippen LogP contribution in [-0.4, -0.2) is 36.4 Å². The highest BCUT2D eigenvalue weighted by atomic mass is 19.1. The number of nitro groups is 1. The quantitative estimate of drug-likeness (QED) is 0.577. The van der Waals surface area contributed by atoms with E-state index in [1.807, 2.05) is 7.05 Å². The van der Waals surface area contributed by atoms with Crippen LogP contribution in [0.3, 0.4) is 0 Å². The molecule has 0 fully saturated rings. The fourth-order valence-electron chi connectivity index (χ4n) is 1.54. The molecular formula is C10H11FN4O2. The molecule has 1 aliphatic heterocycles. The van der Waals surface area contributed by atoms with Crippen LogP contribution < -0.4 is 4.90 Å². The van der Waals surface area contributed by atoms with Crippen LogP contribution >= 0.6 is 0 Å². The van der Waals surface area contributed by atoms with Gasteiger partial charge in [0.15, 0.2) is 5.82 Å². The smallest absolute Gasteiger partial charge is 0.272 e. The molecule has 1 aliphatic rings. The Labute approximate surface area is 97.1 Å². The zero-order valence-electron chi connectivity index (χ0n) is 9.21. The zero-order valence-corrected chi connectivity index (χ0v) is 9.21. The van der Waals surface area contributed by atoms with Crippen molar-refractivity contribution in [2.24, 2.45) is 5.10 Å². The fraction of sp³-hybridized carbons (Fsp3) is 0.300. The van der Waals surface area contributed by atoms with E-state index in [-0.39, 0.29) is 5.69 Å². The summed E-state index contributed by atoms with van der Waals surface area (Å²) in [7, 11) is 1.82. The molecule has 2 rings (SSSR count). The molecule has 0 aromatic heterocycles. The molecule has 1 aromatic carbocycles. The van der Waals surface area contributed by atoms with Crippen molar-refractivity contribution in [1.29, 1.82) is 0 Å². The number of anilines is 1. The van der Waals surface area contributed by atoms with Crippen molar-refractivity contribution in [2.75, 3.05) is 25.0 Å². The Morgan fingerprint density at radius 1 is 1.47 bits per heavy atom. The number of benzene rings is 1. The standard InChI is InChI=1S/C10H11FN4O2/c1-13-4-5-14(7-12-13)10-3-2-8(15(16)17)6-9(10)11/h2-3,6-7H,4-5H2,1H3. The predicted molar refractivity (Wildman–Crippen MR) is 61.5 cm³/mol. The Morgan fingerprint density at radius 3 is 2.76 bits per heavy atom. The van der Waals surface area contributed by atoms with Gasteiger partial charge in [-0.15, -0.1) is 0 Å². The van der Waals surface area contributed by atoms with E-state index in [2.05, 4.69) is 5.10 Å². The van der Waals surface area contributed by atoms with Gasteiger partial charge in [-0.2, -0.15) is 5.10 Å². The first-order valence-electron chi connectivity index (χ1n) is 5.04. The Balaban J connectivity index is 2.28. The van der Waals surface area contributed by atoms with E-state index in [1.54, 1.807) is 9.91 Å². The van der Waals surface area contributed by atoms with Crippen LogP contribution in [0.5, 0.6) is 0 Å². The fourth-order valence-corrected chi connectivity index (χ4v) is 1.54. The molecule has 0 saturated carbocycles. The summed E-state index contributed by atoms with van der Waals surface area (Å²) in [6, 6.07) is 3.59. The molecule has 1 aromatic rings. The van der Waals surface area contributed by atoms with Gasteiger partial charge in [-0.25, -0.2) is 4.39 Å². The Hall–Kier alpha value is -2.18. The average molecular weight is 238 g/mol. The van der Waals surface area contributed by atoms with Crippen LogP contribution in [-0.2, 0) is 0 Å². The third kappa shape index (κ3) is 2.32. The summed E-state index contributed by atoms with van der Waals surface area (Å²) in [5, 5.41) is 16.2. The molecule has 6 nitrogen and oxygen atoms in total. The third-order valence-corrected chi connectivity index (χ3v) is 2.50. The lowest BCUT2D eigenvalue weighted by molar-refractivity contribution is -0.385. The van der Waals surface area contributed by atoms with Gasteiger partial charge in [0.2, 0.25) is 0 Å². The lowest BCUT2D eigenvalue weighted by atomic mass is 10.2. The highest BCUT2D eigenvalue weighted by Gasteiger charge is 2.17. The first-order valence-corrected chi connectivity index (χ1v) is 5.04. The van der Waals surface area contributed by atoms with Gasteiger partial charge < -0.3 is 4.90 Å². The number of nitro benzene ring substituents is 1. The van der Waals surface area contributed by atoms with E-state index in [0.29, 0.717) is 18.8 Å². The van der Waals surface area contributed by atoms with Crippen LogP contribution in [0.15, 0.2) is 23.3 Å². The van der Waals surface area contributed by atoms with Gasteiger partial charge in [-0.05, 0) is 6.07 Å². The van der Waals surface area contributed by atoms with E-state index in [1.165, 1.54) is 18.5 Å². The number of hydrogen-bond acceptors (Lipinski definition) is 5. The van der Waals surface area contributed by atoms with Crippen molar-refractivity contribution in [3.63, 3.8) is 0 Å². The van der Waals surface area contributed by atoms with Gasteiger partial charge in [0.05, 0.1) is 23.2 Å². The monoisotopic (exact) mass is 238 g/mol. The Bertz CT molecular complexity index is 477. The summed E-state index contributed by atoms with van der Waals surface area (Å²) >= 11 is 0. The molecule has 0 spiro atoms. The summed E-state index contributed by atoms with van der Waals surface area (Å²) in [5.41, 5.74) is 0.0461. The minimum Gasteiger partial charge on any atom is -0.327 e. The highest BCUT2D eigenvalue weighted by molar-refractivity contribution is 5.80. The van der Waals surface area contributed by atoms with E-state index < -0.39 is 10.7 Å². The second kappa shape index (κ2) is 4.36. The minimum absolute atomic E-state index is 0.252. The third-order valence-electron chi connectivity index (χ3n) is 2.50. The molecule has 0 atom stereocenters. The Morgan fingerprint density at radius 2 is 2.24 bits per heavy atom. The lowest BCUT2D eigenvalue weighted by Crippen LogP contribution is -2.36. The van der Waals surface area contributed by atoms with Gasteiger partial charge >= 0.3 is 0 Å². The molecule has 17 heavy (non-hydrogen) atoms. The van der Waals surface area contributed by atoms with Gasteiger partial charge in [0.25, 0.3) is 5.69 Å². The van der Waals surface area contributed by atoms with Gasteiger partial charge in [-0.1, -0.05) is 0 Å². The molecule has 0 aliphatic carbocycles. The summed E-state index contributed by atoms with van der Waals surface area (Å²) in [6.07, 6.45) is 1.51. The molecule has 0 radical (unpaired) electrons. The largest absolute Gasteiger partial charge is 0.327 e. The highest BCUT2D eigenvalue weighted by Crippen LogP contribution is 2.23. The number of non-ortho nitro benzene ring substituents is 1. The number of hydrogen-bond donors (Lipinski definition) is 0. The van der Waals surface area contributed by atoms with E-state index in [9.17, 15) is 14.5 Å². The topological polar surface area (TPSA) is 62.0 Å².